The fourth-order valence-electron chi connectivity index (χ4n) is 3.08. The Kier molecular flexibility index (Phi) is 6.83. The molecule has 27 heavy (non-hydrogen) atoms. The zero-order valence-electron chi connectivity index (χ0n) is 16.8. The van der Waals surface area contributed by atoms with Crippen LogP contribution in [-0.2, 0) is 14.3 Å². The van der Waals surface area contributed by atoms with Gasteiger partial charge in [0, 0.05) is 11.3 Å². The van der Waals surface area contributed by atoms with Crippen LogP contribution in [-0.4, -0.2) is 24.8 Å². The van der Waals surface area contributed by atoms with E-state index in [4.69, 9.17) is 9.47 Å². The van der Waals surface area contributed by atoms with Crippen molar-refractivity contribution in [1.29, 1.82) is 0 Å². The van der Waals surface area contributed by atoms with Gasteiger partial charge in [-0.15, -0.1) is 0 Å². The molecule has 0 radical (unpaired) electrons. The monoisotopic (exact) mass is 371 g/mol. The van der Waals surface area contributed by atoms with Gasteiger partial charge in [0.05, 0.1) is 7.11 Å². The van der Waals surface area contributed by atoms with Crippen LogP contribution < -0.4 is 5.32 Å². The predicted octanol–water partition coefficient (Wildman–Crippen LogP) is 5.34. The van der Waals surface area contributed by atoms with Crippen molar-refractivity contribution in [1.82, 2.24) is 0 Å². The SMILES string of the molecule is CCC1CCC=C(c2ccc(NC(=O)OC(C)(C)C)cc2)C=C1C(=O)OC. The van der Waals surface area contributed by atoms with Gasteiger partial charge < -0.3 is 9.47 Å². The molecule has 0 aromatic heterocycles. The van der Waals surface area contributed by atoms with Crippen LogP contribution in [0.2, 0.25) is 0 Å². The molecule has 0 bridgehead atoms. The van der Waals surface area contributed by atoms with Crippen molar-refractivity contribution >= 4 is 23.3 Å². The molecule has 1 atom stereocenters. The minimum absolute atomic E-state index is 0.208. The van der Waals surface area contributed by atoms with Gasteiger partial charge in [-0.3, -0.25) is 5.32 Å². The summed E-state index contributed by atoms with van der Waals surface area (Å²) < 4.78 is 10.2. The van der Waals surface area contributed by atoms with Gasteiger partial charge in [-0.2, -0.15) is 0 Å². The van der Waals surface area contributed by atoms with E-state index < -0.39 is 11.7 Å². The average Bonchev–Trinajstić information content (AvgIpc) is 2.82. The number of carbonyl (C=O) groups excluding carboxylic acids is 2. The molecule has 2 rings (SSSR count). The first-order valence-corrected chi connectivity index (χ1v) is 9.34. The van der Waals surface area contributed by atoms with E-state index in [1.165, 1.54) is 7.11 Å². The third-order valence-electron chi connectivity index (χ3n) is 4.41. The Morgan fingerprint density at radius 1 is 1.19 bits per heavy atom. The number of ether oxygens (including phenoxy) is 2. The van der Waals surface area contributed by atoms with Crippen LogP contribution in [0.3, 0.4) is 0 Å². The molecular weight excluding hydrogens is 342 g/mol. The van der Waals surface area contributed by atoms with Gasteiger partial charge in [-0.1, -0.05) is 25.1 Å². The van der Waals surface area contributed by atoms with Gasteiger partial charge >= 0.3 is 12.1 Å². The molecule has 0 spiro atoms. The van der Waals surface area contributed by atoms with Crippen LogP contribution in [0.15, 0.2) is 42.0 Å². The highest BCUT2D eigenvalue weighted by molar-refractivity contribution is 5.93. The predicted molar refractivity (Wildman–Crippen MR) is 107 cm³/mol. The van der Waals surface area contributed by atoms with Crippen LogP contribution in [0.5, 0.6) is 0 Å². The minimum Gasteiger partial charge on any atom is -0.466 e. The Balaban J connectivity index is 2.18. The molecule has 1 aromatic carbocycles. The highest BCUT2D eigenvalue weighted by Gasteiger charge is 2.22. The second-order valence-corrected chi connectivity index (χ2v) is 7.64. The van der Waals surface area contributed by atoms with Crippen LogP contribution in [0.25, 0.3) is 5.57 Å². The number of rotatable bonds is 4. The Morgan fingerprint density at radius 2 is 1.85 bits per heavy atom. The van der Waals surface area contributed by atoms with Crippen LogP contribution in [0.4, 0.5) is 10.5 Å². The number of hydrogen-bond donors (Lipinski definition) is 1. The topological polar surface area (TPSA) is 64.6 Å². The summed E-state index contributed by atoms with van der Waals surface area (Å²) in [7, 11) is 1.42. The standard InChI is InChI=1S/C22H29NO4/c1-6-15-8-7-9-17(14-19(15)20(24)26-5)16-10-12-18(13-11-16)23-21(25)27-22(2,3)4/h9-15H,6-8H2,1-5H3,(H,23,25). The van der Waals surface area contributed by atoms with Crippen molar-refractivity contribution in [3.05, 3.63) is 47.6 Å². The molecule has 0 saturated heterocycles. The van der Waals surface area contributed by atoms with Crippen molar-refractivity contribution in [2.45, 2.75) is 52.6 Å². The lowest BCUT2D eigenvalue weighted by molar-refractivity contribution is -0.136. The molecule has 1 aliphatic carbocycles. The highest BCUT2D eigenvalue weighted by Crippen LogP contribution is 2.31. The lowest BCUT2D eigenvalue weighted by Crippen LogP contribution is -2.27. The fraction of sp³-hybridized carbons (Fsp3) is 0.455. The molecule has 1 amide bonds. The largest absolute Gasteiger partial charge is 0.466 e. The van der Waals surface area contributed by atoms with Crippen LogP contribution in [0, 0.1) is 5.92 Å². The molecular formula is C22H29NO4. The Morgan fingerprint density at radius 3 is 2.41 bits per heavy atom. The molecule has 0 saturated carbocycles. The summed E-state index contributed by atoms with van der Waals surface area (Å²) in [6.45, 7) is 7.55. The third kappa shape index (κ3) is 5.98. The molecule has 1 aliphatic rings. The molecule has 1 unspecified atom stereocenters. The third-order valence-corrected chi connectivity index (χ3v) is 4.41. The Bertz CT molecular complexity index is 739. The van der Waals surface area contributed by atoms with E-state index >= 15 is 0 Å². The molecule has 0 fully saturated rings. The van der Waals surface area contributed by atoms with E-state index in [9.17, 15) is 9.59 Å². The number of allylic oxidation sites excluding steroid dienone is 3. The summed E-state index contributed by atoms with van der Waals surface area (Å²) in [5, 5.41) is 2.72. The zero-order chi connectivity index (χ0) is 20.0. The van der Waals surface area contributed by atoms with E-state index in [1.807, 2.05) is 51.1 Å². The first-order valence-electron chi connectivity index (χ1n) is 9.34. The number of nitrogens with one attached hydrogen (secondary N) is 1. The van der Waals surface area contributed by atoms with Crippen molar-refractivity contribution in [2.75, 3.05) is 12.4 Å². The lowest BCUT2D eigenvalue weighted by Gasteiger charge is -2.19. The molecule has 1 N–H and O–H groups in total. The van der Waals surface area contributed by atoms with Gasteiger partial charge in [0.15, 0.2) is 0 Å². The first-order chi connectivity index (χ1) is 12.7. The second kappa shape index (κ2) is 8.89. The van der Waals surface area contributed by atoms with E-state index in [2.05, 4.69) is 18.3 Å². The highest BCUT2D eigenvalue weighted by atomic mass is 16.6. The maximum Gasteiger partial charge on any atom is 0.412 e. The fourth-order valence-corrected chi connectivity index (χ4v) is 3.08. The van der Waals surface area contributed by atoms with E-state index in [1.54, 1.807) is 0 Å². The lowest BCUT2D eigenvalue weighted by atomic mass is 9.92. The summed E-state index contributed by atoms with van der Waals surface area (Å²) in [6.07, 6.45) is 6.34. The molecule has 0 aliphatic heterocycles. The van der Waals surface area contributed by atoms with Gasteiger partial charge in [0.2, 0.25) is 0 Å². The van der Waals surface area contributed by atoms with Crippen LogP contribution >= 0.6 is 0 Å². The summed E-state index contributed by atoms with van der Waals surface area (Å²) in [5.74, 6) is -0.0582. The Hall–Kier alpha value is -2.56. The number of benzene rings is 1. The van der Waals surface area contributed by atoms with E-state index in [0.717, 1.165) is 36.0 Å². The van der Waals surface area contributed by atoms with Gasteiger partial charge in [0.25, 0.3) is 0 Å². The van der Waals surface area contributed by atoms with Crippen molar-refractivity contribution in [3.8, 4) is 0 Å². The van der Waals surface area contributed by atoms with Gasteiger partial charge in [0.1, 0.15) is 5.60 Å². The first kappa shape index (κ1) is 20.7. The van der Waals surface area contributed by atoms with Crippen molar-refractivity contribution < 1.29 is 19.1 Å². The Labute approximate surface area is 161 Å². The molecule has 0 heterocycles. The smallest absolute Gasteiger partial charge is 0.412 e. The number of esters is 1. The number of amides is 1. The quantitative estimate of drug-likeness (QED) is 0.726. The van der Waals surface area contributed by atoms with Gasteiger partial charge in [-0.05, 0) is 75.3 Å². The summed E-state index contributed by atoms with van der Waals surface area (Å²) in [5.41, 5.74) is 2.82. The number of carbonyl (C=O) groups is 2. The molecule has 146 valence electrons. The molecule has 5 nitrogen and oxygen atoms in total. The summed E-state index contributed by atoms with van der Waals surface area (Å²) in [4.78, 5) is 24.1. The number of anilines is 1. The zero-order valence-corrected chi connectivity index (χ0v) is 16.8. The summed E-state index contributed by atoms with van der Waals surface area (Å²) in [6, 6.07) is 7.51. The molecule has 5 heteroatoms. The average molecular weight is 371 g/mol. The maximum absolute atomic E-state index is 12.2. The minimum atomic E-state index is -0.542. The van der Waals surface area contributed by atoms with Crippen LogP contribution in [0.1, 0.15) is 52.5 Å². The number of methoxy groups -OCH3 is 1. The normalized spacial score (nSPS) is 17.3. The van der Waals surface area contributed by atoms with E-state index in [0.29, 0.717) is 5.69 Å². The molecule has 1 aromatic rings. The maximum atomic E-state index is 12.2. The van der Waals surface area contributed by atoms with Crippen molar-refractivity contribution in [3.63, 3.8) is 0 Å². The number of hydrogen-bond acceptors (Lipinski definition) is 4. The van der Waals surface area contributed by atoms with Gasteiger partial charge in [-0.25, -0.2) is 9.59 Å². The second-order valence-electron chi connectivity index (χ2n) is 7.64. The van der Waals surface area contributed by atoms with E-state index in [-0.39, 0.29) is 11.9 Å². The van der Waals surface area contributed by atoms with Crippen molar-refractivity contribution in [2.24, 2.45) is 5.92 Å². The summed E-state index contributed by atoms with van der Waals surface area (Å²) >= 11 is 0.